The lowest BCUT2D eigenvalue weighted by molar-refractivity contribution is -0.112. The first kappa shape index (κ1) is 19.0. The summed E-state index contributed by atoms with van der Waals surface area (Å²) in [6.07, 6.45) is 9.98. The van der Waals surface area contributed by atoms with Crippen LogP contribution in [-0.2, 0) is 4.79 Å². The summed E-state index contributed by atoms with van der Waals surface area (Å²) in [6, 6.07) is 5.93. The molecule has 0 aliphatic heterocycles. The van der Waals surface area contributed by atoms with Gasteiger partial charge in [-0.3, -0.25) is 4.79 Å². The van der Waals surface area contributed by atoms with Gasteiger partial charge in [-0.15, -0.1) is 0 Å². The smallest absolute Gasteiger partial charge is 0.152 e. The number of benzene rings is 1. The largest absolute Gasteiger partial charge is 0.490 e. The number of ketones is 1. The van der Waals surface area contributed by atoms with Crippen molar-refractivity contribution in [2.45, 2.75) is 47.5 Å². The second-order valence-corrected chi connectivity index (χ2v) is 6.14. The quantitative estimate of drug-likeness (QED) is 0.457. The van der Waals surface area contributed by atoms with Crippen molar-refractivity contribution in [2.24, 2.45) is 0 Å². The van der Waals surface area contributed by atoms with Crippen molar-refractivity contribution in [1.29, 1.82) is 0 Å². The van der Waals surface area contributed by atoms with Gasteiger partial charge in [0, 0.05) is 0 Å². The summed E-state index contributed by atoms with van der Waals surface area (Å²) in [6.45, 7) is 10.5. The number of rotatable bonds is 8. The van der Waals surface area contributed by atoms with Crippen LogP contribution < -0.4 is 4.74 Å². The van der Waals surface area contributed by atoms with Crippen molar-refractivity contribution in [3.8, 4) is 5.75 Å². The third-order valence-electron chi connectivity index (χ3n) is 3.51. The molecule has 124 valence electrons. The monoisotopic (exact) mass is 312 g/mol. The molecule has 0 aliphatic carbocycles. The third-order valence-corrected chi connectivity index (χ3v) is 3.51. The van der Waals surface area contributed by atoms with Crippen molar-refractivity contribution in [2.75, 3.05) is 6.61 Å². The lowest BCUT2D eigenvalue weighted by atomic mass is 10.1. The van der Waals surface area contributed by atoms with Crippen LogP contribution in [-0.4, -0.2) is 12.4 Å². The van der Waals surface area contributed by atoms with E-state index in [1.165, 1.54) is 11.1 Å². The summed E-state index contributed by atoms with van der Waals surface area (Å²) in [4.78, 5) is 11.0. The average Bonchev–Trinajstić information content (AvgIpc) is 2.45. The first-order valence-electron chi connectivity index (χ1n) is 8.09. The van der Waals surface area contributed by atoms with E-state index in [0.29, 0.717) is 6.61 Å². The van der Waals surface area contributed by atoms with Crippen LogP contribution >= 0.6 is 0 Å². The fraction of sp³-hybridized carbons (Fsp3) is 0.381. The van der Waals surface area contributed by atoms with Gasteiger partial charge in [-0.2, -0.15) is 0 Å². The zero-order valence-electron chi connectivity index (χ0n) is 15.0. The molecule has 1 rings (SSSR count). The highest BCUT2D eigenvalue weighted by Gasteiger charge is 1.99. The summed E-state index contributed by atoms with van der Waals surface area (Å²) in [5.74, 6) is 0.911. The van der Waals surface area contributed by atoms with E-state index in [-0.39, 0.29) is 5.78 Å². The van der Waals surface area contributed by atoms with Crippen LogP contribution in [0.3, 0.4) is 0 Å². The standard InChI is InChI=1S/C21H28O2/c1-16(2)7-6-8-17(3)13-14-23-21-12-11-20(18(4)15-21)10-9-19(5)22/h7,9-13,15H,6,8,14H2,1-5H3/b10-9-,17-13+. The van der Waals surface area contributed by atoms with E-state index in [1.807, 2.05) is 31.2 Å². The maximum absolute atomic E-state index is 11.0. The predicted octanol–water partition coefficient (Wildman–Crippen LogP) is 5.67. The summed E-state index contributed by atoms with van der Waals surface area (Å²) < 4.78 is 5.78. The minimum Gasteiger partial charge on any atom is -0.490 e. The summed E-state index contributed by atoms with van der Waals surface area (Å²) in [7, 11) is 0. The number of hydrogen-bond acceptors (Lipinski definition) is 2. The highest BCUT2D eigenvalue weighted by Crippen LogP contribution is 2.18. The molecule has 23 heavy (non-hydrogen) atoms. The van der Waals surface area contributed by atoms with Crippen molar-refractivity contribution in [3.05, 3.63) is 58.7 Å². The van der Waals surface area contributed by atoms with Gasteiger partial charge in [0.25, 0.3) is 0 Å². The van der Waals surface area contributed by atoms with E-state index in [9.17, 15) is 4.79 Å². The Hall–Kier alpha value is -2.09. The van der Waals surface area contributed by atoms with E-state index in [4.69, 9.17) is 4.74 Å². The molecule has 1 aromatic carbocycles. The SMILES string of the molecule is CC(=O)/C=C\c1ccc(OC/C=C(\C)CCC=C(C)C)cc1C. The number of carbonyl (C=O) groups excluding carboxylic acids is 1. The molecule has 0 atom stereocenters. The van der Waals surface area contributed by atoms with Crippen molar-refractivity contribution < 1.29 is 9.53 Å². The maximum atomic E-state index is 11.0. The van der Waals surface area contributed by atoms with Crippen molar-refractivity contribution in [3.63, 3.8) is 0 Å². The average molecular weight is 312 g/mol. The zero-order valence-corrected chi connectivity index (χ0v) is 15.0. The summed E-state index contributed by atoms with van der Waals surface area (Å²) in [5.41, 5.74) is 4.86. The summed E-state index contributed by atoms with van der Waals surface area (Å²) >= 11 is 0. The van der Waals surface area contributed by atoms with Crippen LogP contribution in [0.5, 0.6) is 5.75 Å². The van der Waals surface area contributed by atoms with Gasteiger partial charge in [0.2, 0.25) is 0 Å². The Morgan fingerprint density at radius 2 is 1.87 bits per heavy atom. The zero-order chi connectivity index (χ0) is 17.2. The molecule has 0 aromatic heterocycles. The molecule has 0 amide bonds. The number of allylic oxidation sites excluding steroid dienone is 4. The second kappa shape index (κ2) is 9.83. The molecule has 1 aromatic rings. The Bertz CT molecular complexity index is 615. The molecule has 0 bridgehead atoms. The number of ether oxygens (including phenoxy) is 1. The lowest BCUT2D eigenvalue weighted by Crippen LogP contribution is -1.96. The first-order valence-corrected chi connectivity index (χ1v) is 8.09. The molecule has 0 saturated carbocycles. The van der Waals surface area contributed by atoms with E-state index in [0.717, 1.165) is 29.7 Å². The lowest BCUT2D eigenvalue weighted by Gasteiger charge is -2.07. The molecular weight excluding hydrogens is 284 g/mol. The van der Waals surface area contributed by atoms with Crippen LogP contribution in [0.4, 0.5) is 0 Å². The third kappa shape index (κ3) is 8.20. The fourth-order valence-electron chi connectivity index (χ4n) is 2.10. The molecule has 0 saturated heterocycles. The van der Waals surface area contributed by atoms with Gasteiger partial charge in [0.15, 0.2) is 5.78 Å². The normalized spacial score (nSPS) is 11.6. The van der Waals surface area contributed by atoms with Crippen molar-refractivity contribution in [1.82, 2.24) is 0 Å². The van der Waals surface area contributed by atoms with Crippen LogP contribution in [0, 0.1) is 6.92 Å². The topological polar surface area (TPSA) is 26.3 Å². The Kier molecular flexibility index (Phi) is 8.10. The molecule has 0 heterocycles. The molecule has 0 N–H and O–H groups in total. The number of aryl methyl sites for hydroxylation is 1. The molecule has 2 heteroatoms. The molecule has 0 aliphatic rings. The van der Waals surface area contributed by atoms with Gasteiger partial charge in [-0.1, -0.05) is 29.4 Å². The van der Waals surface area contributed by atoms with Gasteiger partial charge in [-0.25, -0.2) is 0 Å². The van der Waals surface area contributed by atoms with Gasteiger partial charge in [-0.05, 0) is 82.9 Å². The van der Waals surface area contributed by atoms with Gasteiger partial charge < -0.3 is 4.74 Å². The number of hydrogen-bond donors (Lipinski definition) is 0. The Balaban J connectivity index is 2.53. The maximum Gasteiger partial charge on any atom is 0.152 e. The van der Waals surface area contributed by atoms with E-state index in [1.54, 1.807) is 13.0 Å². The molecular formula is C21H28O2. The molecule has 0 radical (unpaired) electrons. The first-order chi connectivity index (χ1) is 10.9. The number of carbonyl (C=O) groups is 1. The Labute approximate surface area is 140 Å². The minimum atomic E-state index is 0.0541. The van der Waals surface area contributed by atoms with Gasteiger partial charge in [0.1, 0.15) is 12.4 Å². The second-order valence-electron chi connectivity index (χ2n) is 6.14. The van der Waals surface area contributed by atoms with Crippen molar-refractivity contribution >= 4 is 11.9 Å². The molecule has 2 nitrogen and oxygen atoms in total. The van der Waals surface area contributed by atoms with E-state index < -0.39 is 0 Å². The Morgan fingerprint density at radius 1 is 1.13 bits per heavy atom. The van der Waals surface area contributed by atoms with Crippen LogP contribution in [0.15, 0.2) is 47.6 Å². The van der Waals surface area contributed by atoms with E-state index in [2.05, 4.69) is 32.9 Å². The fourth-order valence-corrected chi connectivity index (χ4v) is 2.10. The van der Waals surface area contributed by atoms with Crippen LogP contribution in [0.2, 0.25) is 0 Å². The summed E-state index contributed by atoms with van der Waals surface area (Å²) in [5, 5.41) is 0. The Morgan fingerprint density at radius 3 is 2.48 bits per heavy atom. The molecule has 0 unspecified atom stereocenters. The molecule has 0 spiro atoms. The minimum absolute atomic E-state index is 0.0541. The van der Waals surface area contributed by atoms with Gasteiger partial charge >= 0.3 is 0 Å². The molecule has 0 fully saturated rings. The van der Waals surface area contributed by atoms with Gasteiger partial charge in [0.05, 0.1) is 0 Å². The van der Waals surface area contributed by atoms with Crippen LogP contribution in [0.1, 0.15) is 51.7 Å². The highest BCUT2D eigenvalue weighted by atomic mass is 16.5. The predicted molar refractivity (Wildman–Crippen MR) is 98.8 cm³/mol. The van der Waals surface area contributed by atoms with Crippen LogP contribution in [0.25, 0.3) is 6.08 Å². The van der Waals surface area contributed by atoms with E-state index >= 15 is 0 Å². The highest BCUT2D eigenvalue weighted by molar-refractivity contribution is 5.91.